The Bertz CT molecular complexity index is 792. The van der Waals surface area contributed by atoms with Crippen LogP contribution in [0.4, 0.5) is 0 Å². The highest BCUT2D eigenvalue weighted by Crippen LogP contribution is 2.49. The quantitative estimate of drug-likeness (QED) is 0.186. The van der Waals surface area contributed by atoms with Gasteiger partial charge < -0.3 is 0 Å². The van der Waals surface area contributed by atoms with Gasteiger partial charge in [0.05, 0.1) is 0 Å². The van der Waals surface area contributed by atoms with Crippen molar-refractivity contribution in [1.82, 2.24) is 0 Å². The molecule has 0 aromatic carbocycles. The minimum atomic E-state index is -1.41. The molecule has 0 bridgehead atoms. The summed E-state index contributed by atoms with van der Waals surface area (Å²) in [5.41, 5.74) is 0. The highest BCUT2D eigenvalue weighted by Gasteiger charge is 2.73. The normalized spacial score (nSPS) is 17.2. The van der Waals surface area contributed by atoms with Crippen LogP contribution in [0.5, 0.6) is 0 Å². The summed E-state index contributed by atoms with van der Waals surface area (Å²) in [5.74, 6) is 0. The van der Waals surface area contributed by atoms with Gasteiger partial charge in [0, 0.05) is 86.3 Å². The van der Waals surface area contributed by atoms with Crippen LogP contribution in [0.3, 0.4) is 0 Å². The van der Waals surface area contributed by atoms with Gasteiger partial charge in [-0.3, -0.25) is 0 Å². The van der Waals surface area contributed by atoms with Crippen LogP contribution in [-0.2, 0) is 0 Å². The second-order valence-electron chi connectivity index (χ2n) is 20.8. The second kappa shape index (κ2) is 10.6. The summed E-state index contributed by atoms with van der Waals surface area (Å²) in [5, 5.41) is 0. The van der Waals surface area contributed by atoms with Gasteiger partial charge in [-0.25, -0.2) is 0 Å². The van der Waals surface area contributed by atoms with E-state index in [0.717, 1.165) is 0 Å². The maximum absolute atomic E-state index is 3.03. The van der Waals surface area contributed by atoms with E-state index in [2.05, 4.69) is 170 Å². The predicted octanol–water partition coefficient (Wildman–Crippen LogP) is 10.6. The lowest BCUT2D eigenvalue weighted by atomic mass is 11.8. The van der Waals surface area contributed by atoms with Crippen molar-refractivity contribution >= 4 is 86.3 Å². The monoisotopic (exact) mass is 726 g/mol. The fraction of sp³-hybridized carbons (Fsp3) is 1.00. The lowest BCUT2D eigenvalue weighted by Gasteiger charge is -2.68. The SMILES string of the molecule is C[Si](C)(C)[Si](C)(C)[Si](C)(C)[Si](C)(C)[Si](C)(C)[Si](C)(C)[Si](C)(C)[Si](C)(C)[Si](C)(C)[Si](C)(C)[Si](C)(C)[Si](C)(C)C. The summed E-state index contributed by atoms with van der Waals surface area (Å²) in [4.78, 5) is 0. The molecule has 0 unspecified atom stereocenters. The summed E-state index contributed by atoms with van der Waals surface area (Å²) in [6, 6.07) is 0. The van der Waals surface area contributed by atoms with Gasteiger partial charge >= 0.3 is 0 Å². The minimum Gasteiger partial charge on any atom is -0.0735 e. The molecule has 0 aliphatic rings. The Hall–Kier alpha value is 2.60. The fourth-order valence-corrected chi connectivity index (χ4v) is 402. The van der Waals surface area contributed by atoms with Crippen molar-refractivity contribution in [2.24, 2.45) is 0 Å². The van der Waals surface area contributed by atoms with Crippen LogP contribution in [0.1, 0.15) is 0 Å². The van der Waals surface area contributed by atoms with Gasteiger partial charge in [-0.15, -0.1) is 0 Å². The van der Waals surface area contributed by atoms with E-state index >= 15 is 0 Å². The molecule has 38 heavy (non-hydrogen) atoms. The molecular formula is C26H78Si12. The van der Waals surface area contributed by atoms with Crippen molar-refractivity contribution in [3.63, 3.8) is 0 Å². The summed E-state index contributed by atoms with van der Waals surface area (Å²) >= 11 is 0. The Balaban J connectivity index is 7.29. The highest BCUT2D eigenvalue weighted by molar-refractivity contribution is 8.09. The molecule has 0 rings (SSSR count). The van der Waals surface area contributed by atoms with Crippen molar-refractivity contribution < 1.29 is 0 Å². The van der Waals surface area contributed by atoms with Gasteiger partial charge in [-0.05, 0) is 0 Å². The summed E-state index contributed by atoms with van der Waals surface area (Å²) < 4.78 is 0. The first-order valence-corrected chi connectivity index (χ1v) is 63.8. The average molecular weight is 728 g/mol. The van der Waals surface area contributed by atoms with Gasteiger partial charge in [-0.1, -0.05) is 170 Å². The van der Waals surface area contributed by atoms with E-state index in [1.165, 1.54) is 0 Å². The molecule has 0 aromatic rings. The number of rotatable bonds is 11. The van der Waals surface area contributed by atoms with Gasteiger partial charge in [-0.2, -0.15) is 0 Å². The van der Waals surface area contributed by atoms with Crippen LogP contribution in [0.2, 0.25) is 170 Å². The number of hydrogen-bond donors (Lipinski definition) is 0. The van der Waals surface area contributed by atoms with Crippen LogP contribution in [0.25, 0.3) is 0 Å². The van der Waals surface area contributed by atoms with Gasteiger partial charge in [0.1, 0.15) is 0 Å². The van der Waals surface area contributed by atoms with E-state index in [4.69, 9.17) is 0 Å². The Kier molecular flexibility index (Phi) is 11.3. The molecule has 0 saturated carbocycles. The average Bonchev–Trinajstić information content (AvgIpc) is 2.64. The van der Waals surface area contributed by atoms with Crippen molar-refractivity contribution in [3.8, 4) is 0 Å². The molecule has 0 atom stereocenters. The first-order chi connectivity index (χ1) is 15.8. The van der Waals surface area contributed by atoms with Crippen molar-refractivity contribution in [1.29, 1.82) is 0 Å². The molecule has 0 nitrogen and oxygen atoms in total. The maximum Gasteiger partial charge on any atom is 0.0354 e. The first kappa shape index (κ1) is 40.6. The molecule has 230 valence electrons. The van der Waals surface area contributed by atoms with Crippen molar-refractivity contribution in [2.45, 2.75) is 170 Å². The molecule has 0 aliphatic heterocycles. The van der Waals surface area contributed by atoms with Crippen molar-refractivity contribution in [3.05, 3.63) is 0 Å². The van der Waals surface area contributed by atoms with Gasteiger partial charge in [0.2, 0.25) is 0 Å². The standard InChI is InChI=1S/C26H78Si12/c1-27(2,3)29(7,8)31(11,12)33(15,16)35(19,20)37(23,24)38(25,26)36(21,22)34(17,18)32(13,14)30(9,10)28(4,5)6/h1-26H3. The first-order valence-electron chi connectivity index (χ1n) is 15.8. The van der Waals surface area contributed by atoms with E-state index < -0.39 is 86.3 Å². The van der Waals surface area contributed by atoms with E-state index in [-0.39, 0.29) is 0 Å². The number of hydrogen-bond acceptors (Lipinski definition) is 0. The largest absolute Gasteiger partial charge is 0.0735 e. The summed E-state index contributed by atoms with van der Waals surface area (Å²) in [7, 11) is -15.7. The Labute approximate surface area is 254 Å². The lowest BCUT2D eigenvalue weighted by Crippen LogP contribution is -2.96. The minimum absolute atomic E-state index is 1.13. The third-order valence-electron chi connectivity index (χ3n) is 17.8. The van der Waals surface area contributed by atoms with E-state index in [0.29, 0.717) is 0 Å². The van der Waals surface area contributed by atoms with Crippen LogP contribution < -0.4 is 0 Å². The van der Waals surface area contributed by atoms with Gasteiger partial charge in [0.15, 0.2) is 0 Å². The van der Waals surface area contributed by atoms with E-state index in [9.17, 15) is 0 Å². The molecule has 0 N–H and O–H groups in total. The smallest absolute Gasteiger partial charge is 0.0354 e. The molecule has 0 aliphatic carbocycles. The fourth-order valence-electron chi connectivity index (χ4n) is 8.12. The molecule has 0 radical (unpaired) electrons. The molecule has 0 saturated heterocycles. The maximum atomic E-state index is 3.03. The van der Waals surface area contributed by atoms with Crippen molar-refractivity contribution in [2.75, 3.05) is 0 Å². The van der Waals surface area contributed by atoms with E-state index in [1.807, 2.05) is 0 Å². The van der Waals surface area contributed by atoms with E-state index in [1.54, 1.807) is 0 Å². The molecule has 0 spiro atoms. The second-order valence-corrected chi connectivity index (χ2v) is 161. The van der Waals surface area contributed by atoms with Crippen LogP contribution in [0.15, 0.2) is 0 Å². The molecule has 0 amide bonds. The van der Waals surface area contributed by atoms with Crippen LogP contribution in [0, 0.1) is 0 Å². The Morgan fingerprint density at radius 2 is 0.211 bits per heavy atom. The Morgan fingerprint density at radius 1 is 0.132 bits per heavy atom. The molecular weight excluding hydrogens is 649 g/mol. The molecule has 0 heterocycles. The van der Waals surface area contributed by atoms with Crippen LogP contribution in [-0.4, -0.2) is 86.3 Å². The summed E-state index contributed by atoms with van der Waals surface area (Å²) in [6.45, 7) is 76.0. The molecule has 12 heteroatoms. The molecule has 0 aromatic heterocycles. The third-order valence-corrected chi connectivity index (χ3v) is 295. The summed E-state index contributed by atoms with van der Waals surface area (Å²) in [6.07, 6.45) is 0. The zero-order chi connectivity index (χ0) is 32.0. The third kappa shape index (κ3) is 5.29. The van der Waals surface area contributed by atoms with Gasteiger partial charge in [0.25, 0.3) is 0 Å². The molecule has 0 fully saturated rings. The zero-order valence-corrected chi connectivity index (χ0v) is 44.0. The Morgan fingerprint density at radius 3 is 0.289 bits per heavy atom. The van der Waals surface area contributed by atoms with Crippen LogP contribution >= 0.6 is 0 Å². The highest BCUT2D eigenvalue weighted by atomic mass is 30.1. The topological polar surface area (TPSA) is 0 Å². The predicted molar refractivity (Wildman–Crippen MR) is 222 cm³/mol. The zero-order valence-electron chi connectivity index (χ0n) is 32.0. The lowest BCUT2D eigenvalue weighted by molar-refractivity contribution is 1.71.